The monoisotopic (exact) mass is 324 g/mol. The van der Waals surface area contributed by atoms with Crippen LogP contribution in [0, 0.1) is 6.92 Å². The minimum atomic E-state index is -0.591. The fraction of sp³-hybridized carbons (Fsp3) is 0.350. The van der Waals surface area contributed by atoms with Gasteiger partial charge in [0.1, 0.15) is 11.3 Å². The van der Waals surface area contributed by atoms with E-state index in [0.717, 1.165) is 23.5 Å². The summed E-state index contributed by atoms with van der Waals surface area (Å²) in [6.45, 7) is 7.12. The average Bonchev–Trinajstić information content (AvgIpc) is 2.56. The maximum absolute atomic E-state index is 12.7. The summed E-state index contributed by atoms with van der Waals surface area (Å²) in [6, 6.07) is 16.0. The number of benzene rings is 2. The van der Waals surface area contributed by atoms with Crippen molar-refractivity contribution in [2.45, 2.75) is 32.7 Å². The molecule has 0 aliphatic carbocycles. The van der Waals surface area contributed by atoms with E-state index in [1.807, 2.05) is 67.3 Å². The lowest BCUT2D eigenvalue weighted by molar-refractivity contribution is -0.122. The Morgan fingerprint density at radius 3 is 2.54 bits per heavy atom. The highest BCUT2D eigenvalue weighted by molar-refractivity contribution is 6.07. The average molecular weight is 324 g/mol. The Labute approximate surface area is 143 Å². The molecule has 0 saturated carbocycles. The van der Waals surface area contributed by atoms with E-state index in [9.17, 15) is 4.79 Å². The van der Waals surface area contributed by atoms with E-state index < -0.39 is 5.54 Å². The van der Waals surface area contributed by atoms with Crippen molar-refractivity contribution in [3.63, 3.8) is 0 Å². The van der Waals surface area contributed by atoms with Crippen molar-refractivity contribution in [2.75, 3.05) is 23.4 Å². The first-order chi connectivity index (χ1) is 11.5. The van der Waals surface area contributed by atoms with Crippen molar-refractivity contribution in [1.29, 1.82) is 0 Å². The molecule has 1 N–H and O–H groups in total. The van der Waals surface area contributed by atoms with Crippen molar-refractivity contribution in [1.82, 2.24) is 0 Å². The molecule has 2 aromatic rings. The number of anilines is 2. The summed E-state index contributed by atoms with van der Waals surface area (Å²) in [5.41, 5.74) is 2.57. The van der Waals surface area contributed by atoms with Gasteiger partial charge in [-0.05, 0) is 51.5 Å². The van der Waals surface area contributed by atoms with E-state index in [1.54, 1.807) is 0 Å². The number of ether oxygens (including phenoxy) is 1. The van der Waals surface area contributed by atoms with Crippen LogP contribution in [0.25, 0.3) is 0 Å². The lowest BCUT2D eigenvalue weighted by atomic mass is 9.98. The van der Waals surface area contributed by atoms with Crippen LogP contribution in [0.1, 0.15) is 25.8 Å². The third-order valence-corrected chi connectivity index (χ3v) is 4.24. The zero-order chi connectivity index (χ0) is 17.2. The molecule has 2 aromatic carbocycles. The quantitative estimate of drug-likeness (QED) is 0.845. The minimum Gasteiger partial charge on any atom is -0.494 e. The van der Waals surface area contributed by atoms with Gasteiger partial charge in [0.15, 0.2) is 0 Å². The van der Waals surface area contributed by atoms with Gasteiger partial charge < -0.3 is 15.0 Å². The Bertz CT molecular complexity index is 723. The Hall–Kier alpha value is -2.49. The second-order valence-electron chi connectivity index (χ2n) is 6.74. The number of rotatable bonds is 5. The topological polar surface area (TPSA) is 41.6 Å². The summed E-state index contributed by atoms with van der Waals surface area (Å²) in [6.07, 6.45) is 0.782. The third kappa shape index (κ3) is 3.37. The van der Waals surface area contributed by atoms with Crippen LogP contribution in [-0.2, 0) is 4.79 Å². The standard InChI is InChI=1S/C20H24N2O2/c1-15-9-11-16(12-10-15)24-14-6-13-22-18-8-5-4-7-17(18)21-20(2,3)19(22)23/h4-5,7-12,21H,6,13-14H2,1-3H3. The van der Waals surface area contributed by atoms with Crippen molar-refractivity contribution < 1.29 is 9.53 Å². The van der Waals surface area contributed by atoms with Gasteiger partial charge in [-0.1, -0.05) is 29.8 Å². The fourth-order valence-corrected chi connectivity index (χ4v) is 2.92. The highest BCUT2D eigenvalue weighted by atomic mass is 16.5. The maximum atomic E-state index is 12.7. The molecule has 1 amide bonds. The first kappa shape index (κ1) is 16.4. The number of fused-ring (bicyclic) bond motifs is 1. The zero-order valence-corrected chi connectivity index (χ0v) is 14.5. The molecule has 24 heavy (non-hydrogen) atoms. The lowest BCUT2D eigenvalue weighted by Crippen LogP contribution is -2.54. The van der Waals surface area contributed by atoms with Crippen LogP contribution in [0.4, 0.5) is 11.4 Å². The van der Waals surface area contributed by atoms with Crippen LogP contribution < -0.4 is 15.0 Å². The van der Waals surface area contributed by atoms with Gasteiger partial charge in [-0.15, -0.1) is 0 Å². The summed E-state index contributed by atoms with van der Waals surface area (Å²) in [4.78, 5) is 14.6. The molecule has 0 atom stereocenters. The van der Waals surface area contributed by atoms with Crippen molar-refractivity contribution in [2.24, 2.45) is 0 Å². The molecule has 0 spiro atoms. The number of hydrogen-bond donors (Lipinski definition) is 1. The molecule has 0 fully saturated rings. The Kier molecular flexibility index (Phi) is 4.47. The molecule has 1 heterocycles. The lowest BCUT2D eigenvalue weighted by Gasteiger charge is -2.40. The fourth-order valence-electron chi connectivity index (χ4n) is 2.92. The highest BCUT2D eigenvalue weighted by Gasteiger charge is 2.37. The van der Waals surface area contributed by atoms with E-state index in [4.69, 9.17) is 4.74 Å². The van der Waals surface area contributed by atoms with Gasteiger partial charge in [-0.25, -0.2) is 0 Å². The van der Waals surface area contributed by atoms with Crippen LogP contribution in [0.2, 0.25) is 0 Å². The van der Waals surface area contributed by atoms with E-state index >= 15 is 0 Å². The number of aryl methyl sites for hydroxylation is 1. The molecule has 0 bridgehead atoms. The minimum absolute atomic E-state index is 0.0940. The maximum Gasteiger partial charge on any atom is 0.252 e. The molecule has 126 valence electrons. The summed E-state index contributed by atoms with van der Waals surface area (Å²) in [7, 11) is 0. The molecule has 1 aliphatic heterocycles. The Balaban J connectivity index is 1.63. The SMILES string of the molecule is Cc1ccc(OCCCN2C(=O)C(C)(C)Nc3ccccc32)cc1. The van der Waals surface area contributed by atoms with Gasteiger partial charge in [0, 0.05) is 6.54 Å². The second kappa shape index (κ2) is 6.56. The summed E-state index contributed by atoms with van der Waals surface area (Å²) in [5, 5.41) is 3.32. The zero-order valence-electron chi connectivity index (χ0n) is 14.5. The smallest absolute Gasteiger partial charge is 0.252 e. The van der Waals surface area contributed by atoms with Crippen LogP contribution in [-0.4, -0.2) is 24.6 Å². The van der Waals surface area contributed by atoms with Crippen molar-refractivity contribution in [3.05, 3.63) is 54.1 Å². The molecule has 0 unspecified atom stereocenters. The van der Waals surface area contributed by atoms with Gasteiger partial charge in [0.05, 0.1) is 18.0 Å². The highest BCUT2D eigenvalue weighted by Crippen LogP contribution is 2.34. The van der Waals surface area contributed by atoms with Gasteiger partial charge in [-0.2, -0.15) is 0 Å². The predicted molar refractivity (Wildman–Crippen MR) is 97.8 cm³/mol. The van der Waals surface area contributed by atoms with E-state index in [1.165, 1.54) is 5.56 Å². The first-order valence-corrected chi connectivity index (χ1v) is 8.36. The molecule has 0 saturated heterocycles. The number of carbonyl (C=O) groups is 1. The summed E-state index contributed by atoms with van der Waals surface area (Å²) < 4.78 is 5.77. The number of amides is 1. The van der Waals surface area contributed by atoms with E-state index in [-0.39, 0.29) is 5.91 Å². The first-order valence-electron chi connectivity index (χ1n) is 8.36. The van der Waals surface area contributed by atoms with E-state index in [2.05, 4.69) is 12.2 Å². The van der Waals surface area contributed by atoms with E-state index in [0.29, 0.717) is 13.2 Å². The summed E-state index contributed by atoms with van der Waals surface area (Å²) in [5.74, 6) is 0.963. The molecule has 3 rings (SSSR count). The largest absolute Gasteiger partial charge is 0.494 e. The second-order valence-corrected chi connectivity index (χ2v) is 6.74. The van der Waals surface area contributed by atoms with Crippen LogP contribution in [0.3, 0.4) is 0 Å². The number of nitrogens with one attached hydrogen (secondary N) is 1. The number of hydrogen-bond acceptors (Lipinski definition) is 3. The molecule has 0 aromatic heterocycles. The van der Waals surface area contributed by atoms with Gasteiger partial charge in [-0.3, -0.25) is 4.79 Å². The van der Waals surface area contributed by atoms with Crippen LogP contribution in [0.15, 0.2) is 48.5 Å². The number of para-hydroxylation sites is 2. The molecule has 0 radical (unpaired) electrons. The molecular formula is C20H24N2O2. The third-order valence-electron chi connectivity index (χ3n) is 4.24. The van der Waals surface area contributed by atoms with Crippen LogP contribution >= 0.6 is 0 Å². The van der Waals surface area contributed by atoms with Crippen molar-refractivity contribution >= 4 is 17.3 Å². The van der Waals surface area contributed by atoms with Crippen molar-refractivity contribution in [3.8, 4) is 5.75 Å². The molecule has 1 aliphatic rings. The number of nitrogens with zero attached hydrogens (tertiary/aromatic N) is 1. The predicted octanol–water partition coefficient (Wildman–Crippen LogP) is 4.00. The Morgan fingerprint density at radius 2 is 1.79 bits per heavy atom. The normalized spacial score (nSPS) is 15.6. The Morgan fingerprint density at radius 1 is 1.08 bits per heavy atom. The van der Waals surface area contributed by atoms with Gasteiger partial charge >= 0.3 is 0 Å². The summed E-state index contributed by atoms with van der Waals surface area (Å²) >= 11 is 0. The molecular weight excluding hydrogens is 300 g/mol. The molecule has 4 nitrogen and oxygen atoms in total. The van der Waals surface area contributed by atoms with Crippen LogP contribution in [0.5, 0.6) is 5.75 Å². The van der Waals surface area contributed by atoms with Gasteiger partial charge in [0.25, 0.3) is 5.91 Å². The molecule has 4 heteroatoms. The van der Waals surface area contributed by atoms with Gasteiger partial charge in [0.2, 0.25) is 0 Å². The number of carbonyl (C=O) groups excluding carboxylic acids is 1.